The van der Waals surface area contributed by atoms with Crippen molar-refractivity contribution in [1.29, 1.82) is 0 Å². The number of methoxy groups -OCH3 is 1. The minimum absolute atomic E-state index is 0.0564. The second-order valence-corrected chi connectivity index (χ2v) is 7.97. The zero-order valence-corrected chi connectivity index (χ0v) is 18.5. The van der Waals surface area contributed by atoms with Crippen LogP contribution < -0.4 is 10.1 Å². The second kappa shape index (κ2) is 9.89. The third-order valence-electron chi connectivity index (χ3n) is 5.41. The van der Waals surface area contributed by atoms with Gasteiger partial charge in [0.1, 0.15) is 5.75 Å². The third kappa shape index (κ3) is 5.12. The largest absolute Gasteiger partial charge is 0.496 e. The molecule has 0 radical (unpaired) electrons. The van der Waals surface area contributed by atoms with Crippen molar-refractivity contribution < 1.29 is 18.7 Å². The third-order valence-corrected chi connectivity index (χ3v) is 5.64. The molecule has 2 heterocycles. The summed E-state index contributed by atoms with van der Waals surface area (Å²) in [6.07, 6.45) is 1.44. The molecule has 32 heavy (non-hydrogen) atoms. The summed E-state index contributed by atoms with van der Waals surface area (Å²) in [6.45, 7) is 3.43. The van der Waals surface area contributed by atoms with Crippen molar-refractivity contribution in [3.63, 3.8) is 0 Å². The molecule has 1 N–H and O–H groups in total. The number of benzene rings is 2. The van der Waals surface area contributed by atoms with E-state index in [1.807, 2.05) is 23.1 Å². The van der Waals surface area contributed by atoms with Gasteiger partial charge in [-0.1, -0.05) is 17.7 Å². The molecule has 3 aromatic rings. The van der Waals surface area contributed by atoms with Gasteiger partial charge in [-0.25, -0.2) is 0 Å². The van der Waals surface area contributed by atoms with Crippen molar-refractivity contribution in [3.05, 3.63) is 82.8 Å². The summed E-state index contributed by atoms with van der Waals surface area (Å²) < 4.78 is 10.5. The molecule has 0 spiro atoms. The van der Waals surface area contributed by atoms with E-state index in [-0.39, 0.29) is 17.6 Å². The van der Waals surface area contributed by atoms with E-state index in [9.17, 15) is 9.59 Å². The molecule has 0 bridgehead atoms. The minimum Gasteiger partial charge on any atom is -0.496 e. The number of ether oxygens (including phenoxy) is 1. The van der Waals surface area contributed by atoms with Crippen molar-refractivity contribution >= 4 is 29.1 Å². The zero-order chi connectivity index (χ0) is 22.5. The minimum atomic E-state index is -0.357. The fourth-order valence-corrected chi connectivity index (χ4v) is 3.93. The van der Waals surface area contributed by atoms with Crippen LogP contribution in [0.4, 0.5) is 5.69 Å². The maximum Gasteiger partial charge on any atom is 0.291 e. The Morgan fingerprint density at radius 2 is 1.88 bits per heavy atom. The van der Waals surface area contributed by atoms with E-state index >= 15 is 0 Å². The average Bonchev–Trinajstić information content (AvgIpc) is 3.35. The number of hydrogen-bond donors (Lipinski definition) is 1. The van der Waals surface area contributed by atoms with Crippen LogP contribution in [0, 0.1) is 0 Å². The SMILES string of the molecule is COc1ccc(Cl)cc1CN1CCN(C(=O)c2cccc(NC(=O)c3ccco3)c2)CC1. The molecule has 0 atom stereocenters. The van der Waals surface area contributed by atoms with Gasteiger partial charge < -0.3 is 19.4 Å². The van der Waals surface area contributed by atoms with Crippen LogP contribution in [-0.4, -0.2) is 54.9 Å². The van der Waals surface area contributed by atoms with E-state index < -0.39 is 0 Å². The normalized spacial score (nSPS) is 14.2. The van der Waals surface area contributed by atoms with Crippen LogP contribution in [0.3, 0.4) is 0 Å². The number of nitrogens with zero attached hydrogens (tertiary/aromatic N) is 2. The Kier molecular flexibility index (Phi) is 6.78. The van der Waals surface area contributed by atoms with Gasteiger partial charge in [0.05, 0.1) is 13.4 Å². The quantitative estimate of drug-likeness (QED) is 0.606. The molecule has 8 heteroatoms. The lowest BCUT2D eigenvalue weighted by Crippen LogP contribution is -2.48. The van der Waals surface area contributed by atoms with Crippen molar-refractivity contribution in [3.8, 4) is 5.75 Å². The van der Waals surface area contributed by atoms with Gasteiger partial charge in [0.2, 0.25) is 0 Å². The number of rotatable bonds is 6. The molecule has 1 aliphatic heterocycles. The molecule has 1 saturated heterocycles. The van der Waals surface area contributed by atoms with Gasteiger partial charge in [0.15, 0.2) is 5.76 Å². The maximum atomic E-state index is 13.0. The van der Waals surface area contributed by atoms with Crippen molar-refractivity contribution in [2.24, 2.45) is 0 Å². The molecular formula is C24H24ClN3O4. The number of piperazine rings is 1. The maximum absolute atomic E-state index is 13.0. The molecule has 0 unspecified atom stereocenters. The lowest BCUT2D eigenvalue weighted by atomic mass is 10.1. The van der Waals surface area contributed by atoms with Gasteiger partial charge >= 0.3 is 0 Å². The van der Waals surface area contributed by atoms with E-state index in [0.29, 0.717) is 35.9 Å². The Balaban J connectivity index is 1.35. The van der Waals surface area contributed by atoms with Crippen molar-refractivity contribution in [2.75, 3.05) is 38.6 Å². The monoisotopic (exact) mass is 453 g/mol. The fraction of sp³-hybridized carbons (Fsp3) is 0.250. The van der Waals surface area contributed by atoms with E-state index in [2.05, 4.69) is 10.2 Å². The summed E-state index contributed by atoms with van der Waals surface area (Å²) >= 11 is 6.14. The van der Waals surface area contributed by atoms with E-state index in [1.54, 1.807) is 43.5 Å². The van der Waals surface area contributed by atoms with Gasteiger partial charge in [0, 0.05) is 54.6 Å². The first-order chi connectivity index (χ1) is 15.5. The first-order valence-electron chi connectivity index (χ1n) is 10.3. The summed E-state index contributed by atoms with van der Waals surface area (Å²) in [7, 11) is 1.65. The first kappa shape index (κ1) is 21.9. The highest BCUT2D eigenvalue weighted by atomic mass is 35.5. The molecule has 166 valence electrons. The Morgan fingerprint density at radius 3 is 2.59 bits per heavy atom. The van der Waals surface area contributed by atoms with E-state index in [1.165, 1.54) is 6.26 Å². The molecule has 7 nitrogen and oxygen atoms in total. The van der Waals surface area contributed by atoms with Gasteiger partial charge in [-0.2, -0.15) is 0 Å². The predicted molar refractivity (Wildman–Crippen MR) is 122 cm³/mol. The number of halogens is 1. The number of nitrogens with one attached hydrogen (secondary N) is 1. The van der Waals surface area contributed by atoms with Crippen LogP contribution in [0.5, 0.6) is 5.75 Å². The van der Waals surface area contributed by atoms with Gasteiger partial charge in [-0.05, 0) is 48.5 Å². The molecule has 1 aromatic heterocycles. The lowest BCUT2D eigenvalue weighted by molar-refractivity contribution is 0.0627. The Morgan fingerprint density at radius 1 is 1.06 bits per heavy atom. The van der Waals surface area contributed by atoms with E-state index in [0.717, 1.165) is 24.4 Å². The Hall–Kier alpha value is -3.29. The fourth-order valence-electron chi connectivity index (χ4n) is 3.73. The molecule has 2 amide bonds. The molecule has 0 saturated carbocycles. The number of carbonyl (C=O) groups is 2. The van der Waals surface area contributed by atoms with Crippen molar-refractivity contribution in [1.82, 2.24) is 9.80 Å². The van der Waals surface area contributed by atoms with Crippen LogP contribution in [0.2, 0.25) is 5.02 Å². The van der Waals surface area contributed by atoms with Gasteiger partial charge in [-0.3, -0.25) is 14.5 Å². The highest BCUT2D eigenvalue weighted by Crippen LogP contribution is 2.25. The van der Waals surface area contributed by atoms with Gasteiger partial charge in [0.25, 0.3) is 11.8 Å². The van der Waals surface area contributed by atoms with Crippen LogP contribution in [-0.2, 0) is 6.54 Å². The topological polar surface area (TPSA) is 75.0 Å². The average molecular weight is 454 g/mol. The van der Waals surface area contributed by atoms with Gasteiger partial charge in [-0.15, -0.1) is 0 Å². The molecule has 4 rings (SSSR count). The summed E-state index contributed by atoms with van der Waals surface area (Å²) in [5.41, 5.74) is 2.11. The summed E-state index contributed by atoms with van der Waals surface area (Å²) in [4.78, 5) is 29.3. The second-order valence-electron chi connectivity index (χ2n) is 7.54. The number of furan rings is 1. The molecule has 1 aliphatic rings. The summed E-state index contributed by atoms with van der Waals surface area (Å²) in [5.74, 6) is 0.610. The first-order valence-corrected chi connectivity index (χ1v) is 10.7. The summed E-state index contributed by atoms with van der Waals surface area (Å²) in [6, 6.07) is 15.8. The standard InChI is InChI=1S/C24H24ClN3O4/c1-31-21-8-7-19(25)14-18(21)16-27-9-11-28(12-10-27)24(30)17-4-2-5-20(15-17)26-23(29)22-6-3-13-32-22/h2-8,13-15H,9-12,16H2,1H3,(H,26,29). The molecule has 0 aliphatic carbocycles. The zero-order valence-electron chi connectivity index (χ0n) is 17.7. The van der Waals surface area contributed by atoms with Crippen LogP contribution in [0.1, 0.15) is 26.5 Å². The number of amides is 2. The highest BCUT2D eigenvalue weighted by molar-refractivity contribution is 6.30. The lowest BCUT2D eigenvalue weighted by Gasteiger charge is -2.35. The molecule has 2 aromatic carbocycles. The number of carbonyl (C=O) groups excluding carboxylic acids is 2. The van der Waals surface area contributed by atoms with Crippen molar-refractivity contribution in [2.45, 2.75) is 6.54 Å². The van der Waals surface area contributed by atoms with Crippen LogP contribution >= 0.6 is 11.6 Å². The summed E-state index contributed by atoms with van der Waals surface area (Å²) in [5, 5.41) is 3.43. The number of anilines is 1. The Bertz CT molecular complexity index is 1090. The number of hydrogen-bond acceptors (Lipinski definition) is 5. The van der Waals surface area contributed by atoms with E-state index in [4.69, 9.17) is 20.8 Å². The van der Waals surface area contributed by atoms with Crippen LogP contribution in [0.15, 0.2) is 65.3 Å². The molecular weight excluding hydrogens is 430 g/mol. The Labute approximate surface area is 191 Å². The smallest absolute Gasteiger partial charge is 0.291 e. The predicted octanol–water partition coefficient (Wildman–Crippen LogP) is 4.15. The molecule has 1 fully saturated rings. The highest BCUT2D eigenvalue weighted by Gasteiger charge is 2.23. The van der Waals surface area contributed by atoms with Crippen LogP contribution in [0.25, 0.3) is 0 Å².